The molecule has 0 aliphatic carbocycles. The molecule has 5 nitrogen and oxygen atoms in total. The number of nitrogens with one attached hydrogen (secondary N) is 1. The van der Waals surface area contributed by atoms with Gasteiger partial charge in [0, 0.05) is 11.3 Å². The van der Waals surface area contributed by atoms with Gasteiger partial charge in [-0.25, -0.2) is 4.98 Å². The van der Waals surface area contributed by atoms with E-state index >= 15 is 0 Å². The van der Waals surface area contributed by atoms with Gasteiger partial charge in [-0.15, -0.1) is 0 Å². The summed E-state index contributed by atoms with van der Waals surface area (Å²) in [7, 11) is 0. The number of hydrogen-bond acceptors (Lipinski definition) is 4. The molecule has 5 heteroatoms. The first kappa shape index (κ1) is 22.6. The minimum Gasteiger partial charge on any atom is -0.484 e. The molecule has 0 aliphatic heterocycles. The molecule has 0 saturated carbocycles. The average Bonchev–Trinajstić information content (AvgIpc) is 3.23. The molecule has 33 heavy (non-hydrogen) atoms. The molecule has 0 fully saturated rings. The minimum atomic E-state index is -0.217. The van der Waals surface area contributed by atoms with Gasteiger partial charge in [0.25, 0.3) is 5.91 Å². The molecule has 170 valence electrons. The highest BCUT2D eigenvalue weighted by molar-refractivity contribution is 5.93. The summed E-state index contributed by atoms with van der Waals surface area (Å²) < 4.78 is 11.7. The first-order valence-corrected chi connectivity index (χ1v) is 11.4. The van der Waals surface area contributed by atoms with Crippen LogP contribution in [0.2, 0.25) is 0 Å². The van der Waals surface area contributed by atoms with Gasteiger partial charge in [-0.3, -0.25) is 4.79 Å². The molecule has 3 aromatic carbocycles. The van der Waals surface area contributed by atoms with Crippen LogP contribution in [0.15, 0.2) is 59.0 Å². The quantitative estimate of drug-likeness (QED) is 0.336. The van der Waals surface area contributed by atoms with Gasteiger partial charge in [-0.05, 0) is 85.7 Å². The van der Waals surface area contributed by atoms with Crippen LogP contribution in [-0.2, 0) is 4.79 Å². The fourth-order valence-corrected chi connectivity index (χ4v) is 3.85. The van der Waals surface area contributed by atoms with Gasteiger partial charge in [0.1, 0.15) is 11.3 Å². The fraction of sp³-hybridized carbons (Fsp3) is 0.286. The summed E-state index contributed by atoms with van der Waals surface area (Å²) in [5, 5.41) is 2.95. The smallest absolute Gasteiger partial charge is 0.262 e. The lowest BCUT2D eigenvalue weighted by atomic mass is 9.99. The zero-order valence-corrected chi connectivity index (χ0v) is 19.9. The van der Waals surface area contributed by atoms with Crippen LogP contribution in [0.5, 0.6) is 5.75 Å². The van der Waals surface area contributed by atoms with Crippen LogP contribution in [0.25, 0.3) is 22.6 Å². The van der Waals surface area contributed by atoms with Gasteiger partial charge in [0.2, 0.25) is 5.89 Å². The molecule has 1 heterocycles. The second kappa shape index (κ2) is 9.49. The Bertz CT molecular complexity index is 1290. The van der Waals surface area contributed by atoms with Gasteiger partial charge in [-0.2, -0.15) is 0 Å². The number of aromatic nitrogens is 1. The first-order valence-electron chi connectivity index (χ1n) is 11.4. The maximum atomic E-state index is 12.6. The third-order valence-electron chi connectivity index (χ3n) is 6.01. The van der Waals surface area contributed by atoms with Crippen molar-refractivity contribution in [3.8, 4) is 17.2 Å². The molecule has 0 aliphatic rings. The number of amides is 1. The Balaban J connectivity index is 1.46. The molecule has 0 saturated heterocycles. The number of aryl methyl sites for hydroxylation is 3. The summed E-state index contributed by atoms with van der Waals surface area (Å²) in [5.41, 5.74) is 7.56. The molecule has 4 aromatic rings. The van der Waals surface area contributed by atoms with Crippen molar-refractivity contribution >= 4 is 22.7 Å². The Hall–Kier alpha value is -3.60. The summed E-state index contributed by atoms with van der Waals surface area (Å²) >= 11 is 0. The number of carbonyl (C=O) groups excluding carboxylic acids is 1. The average molecular weight is 443 g/mol. The summed E-state index contributed by atoms with van der Waals surface area (Å²) in [6, 6.07) is 17.8. The van der Waals surface area contributed by atoms with Crippen molar-refractivity contribution in [2.45, 2.75) is 47.0 Å². The summed E-state index contributed by atoms with van der Waals surface area (Å²) in [4.78, 5) is 17.2. The lowest BCUT2D eigenvalue weighted by Gasteiger charge is -2.12. The number of anilines is 1. The minimum absolute atomic E-state index is 0.0618. The molecule has 1 aromatic heterocycles. The van der Waals surface area contributed by atoms with E-state index in [1.807, 2.05) is 57.2 Å². The van der Waals surface area contributed by atoms with Crippen LogP contribution in [0.4, 0.5) is 5.69 Å². The lowest BCUT2D eigenvalue weighted by molar-refractivity contribution is -0.118. The van der Waals surface area contributed by atoms with Crippen LogP contribution < -0.4 is 10.1 Å². The number of oxazole rings is 1. The number of carbonyl (C=O) groups is 1. The van der Waals surface area contributed by atoms with Gasteiger partial charge < -0.3 is 14.5 Å². The SMILES string of the molecule is CC[C@H](C)c1ccc(OCC(=O)Nc2cc(-c3nc4cc(C)cc(C)c4o3)ccc2C)cc1. The third-order valence-corrected chi connectivity index (χ3v) is 6.01. The maximum Gasteiger partial charge on any atom is 0.262 e. The molecule has 4 rings (SSSR count). The molecule has 1 N–H and O–H groups in total. The Morgan fingerprint density at radius 3 is 2.52 bits per heavy atom. The Morgan fingerprint density at radius 1 is 1.03 bits per heavy atom. The van der Waals surface area contributed by atoms with Crippen molar-refractivity contribution in [2.75, 3.05) is 11.9 Å². The van der Waals surface area contributed by atoms with Gasteiger partial charge >= 0.3 is 0 Å². The Kier molecular flexibility index (Phi) is 6.50. The number of ether oxygens (including phenoxy) is 1. The van der Waals surface area contributed by atoms with Crippen LogP contribution in [0.3, 0.4) is 0 Å². The van der Waals surface area contributed by atoms with Crippen LogP contribution >= 0.6 is 0 Å². The molecule has 1 atom stereocenters. The fourth-order valence-electron chi connectivity index (χ4n) is 3.85. The molecule has 0 unspecified atom stereocenters. The van der Waals surface area contributed by atoms with Crippen molar-refractivity contribution < 1.29 is 13.9 Å². The van der Waals surface area contributed by atoms with Gasteiger partial charge in [-0.1, -0.05) is 38.1 Å². The van der Waals surface area contributed by atoms with Crippen LogP contribution in [0.1, 0.15) is 48.4 Å². The number of nitrogens with zero attached hydrogens (tertiary/aromatic N) is 1. The normalized spacial score (nSPS) is 12.0. The van der Waals surface area contributed by atoms with Crippen LogP contribution in [-0.4, -0.2) is 17.5 Å². The predicted octanol–water partition coefficient (Wildman–Crippen LogP) is 6.95. The van der Waals surface area contributed by atoms with Crippen LogP contribution in [0, 0.1) is 20.8 Å². The summed E-state index contributed by atoms with van der Waals surface area (Å²) in [5.74, 6) is 1.50. The number of benzene rings is 3. The zero-order valence-electron chi connectivity index (χ0n) is 19.9. The van der Waals surface area contributed by atoms with E-state index in [2.05, 4.69) is 42.3 Å². The highest BCUT2D eigenvalue weighted by Crippen LogP contribution is 2.30. The van der Waals surface area contributed by atoms with Crippen molar-refractivity contribution in [3.05, 3.63) is 76.9 Å². The van der Waals surface area contributed by atoms with Crippen molar-refractivity contribution in [1.82, 2.24) is 4.98 Å². The molecule has 1 amide bonds. The number of rotatable bonds is 7. The molecular formula is C28H30N2O3. The van der Waals surface area contributed by atoms with Crippen molar-refractivity contribution in [1.29, 1.82) is 0 Å². The highest BCUT2D eigenvalue weighted by Gasteiger charge is 2.13. The Morgan fingerprint density at radius 2 is 1.79 bits per heavy atom. The second-order valence-corrected chi connectivity index (χ2v) is 8.69. The van der Waals surface area contributed by atoms with E-state index < -0.39 is 0 Å². The van der Waals surface area contributed by atoms with E-state index in [4.69, 9.17) is 9.15 Å². The topological polar surface area (TPSA) is 64.4 Å². The van der Waals surface area contributed by atoms with E-state index in [-0.39, 0.29) is 12.5 Å². The van der Waals surface area contributed by atoms with E-state index in [0.29, 0.717) is 23.2 Å². The van der Waals surface area contributed by atoms with E-state index in [1.54, 1.807) is 0 Å². The highest BCUT2D eigenvalue weighted by atomic mass is 16.5. The lowest BCUT2D eigenvalue weighted by Crippen LogP contribution is -2.20. The zero-order chi connectivity index (χ0) is 23.5. The predicted molar refractivity (Wildman–Crippen MR) is 133 cm³/mol. The number of hydrogen-bond donors (Lipinski definition) is 1. The first-order chi connectivity index (χ1) is 15.8. The van der Waals surface area contributed by atoms with E-state index in [0.717, 1.165) is 39.8 Å². The standard InChI is InChI=1S/C28H30N2O3/c1-6-18(3)21-9-11-23(12-10-21)32-16-26(31)29-24-15-22(8-7-19(24)4)28-30-25-14-17(2)13-20(5)27(25)33-28/h7-15,18H,6,16H2,1-5H3,(H,29,31)/t18-/m0/s1. The van der Waals surface area contributed by atoms with E-state index in [1.165, 1.54) is 5.56 Å². The van der Waals surface area contributed by atoms with E-state index in [9.17, 15) is 4.79 Å². The van der Waals surface area contributed by atoms with Gasteiger partial charge in [0.05, 0.1) is 0 Å². The second-order valence-electron chi connectivity index (χ2n) is 8.69. The molecule has 0 bridgehead atoms. The maximum absolute atomic E-state index is 12.6. The largest absolute Gasteiger partial charge is 0.484 e. The van der Waals surface area contributed by atoms with Crippen molar-refractivity contribution in [2.24, 2.45) is 0 Å². The number of fused-ring (bicyclic) bond motifs is 1. The Labute approximate surface area is 194 Å². The summed E-state index contributed by atoms with van der Waals surface area (Å²) in [6.45, 7) is 10.3. The van der Waals surface area contributed by atoms with Gasteiger partial charge in [0.15, 0.2) is 12.2 Å². The molecule has 0 radical (unpaired) electrons. The molecular weight excluding hydrogens is 412 g/mol. The van der Waals surface area contributed by atoms with Crippen molar-refractivity contribution in [3.63, 3.8) is 0 Å². The monoisotopic (exact) mass is 442 g/mol. The molecule has 0 spiro atoms. The summed E-state index contributed by atoms with van der Waals surface area (Å²) in [6.07, 6.45) is 1.09. The third kappa shape index (κ3) is 5.08.